The maximum Gasteiger partial charge on any atom is 0.107 e. The molecule has 0 amide bonds. The first kappa shape index (κ1) is 15.3. The van der Waals surface area contributed by atoms with E-state index in [1.807, 2.05) is 0 Å². The van der Waals surface area contributed by atoms with Gasteiger partial charge >= 0.3 is 0 Å². The van der Waals surface area contributed by atoms with Crippen LogP contribution in [0.2, 0.25) is 0 Å². The van der Waals surface area contributed by atoms with Crippen LogP contribution in [0.4, 0.5) is 0 Å². The molecule has 2 saturated heterocycles. The topological polar surface area (TPSA) is 34.3 Å². The van der Waals surface area contributed by atoms with Crippen LogP contribution >= 0.6 is 0 Å². The van der Waals surface area contributed by atoms with Crippen LogP contribution in [0.15, 0.2) is 0 Å². The molecule has 0 saturated carbocycles. The van der Waals surface area contributed by atoms with Gasteiger partial charge in [-0.1, -0.05) is 41.5 Å². The zero-order chi connectivity index (χ0) is 14.3. The zero-order valence-electron chi connectivity index (χ0n) is 13.4. The third-order valence-corrected chi connectivity index (χ3v) is 3.52. The van der Waals surface area contributed by atoms with Crippen molar-refractivity contribution in [1.82, 2.24) is 0 Å². The molecule has 19 heavy (non-hydrogen) atoms. The summed E-state index contributed by atoms with van der Waals surface area (Å²) >= 11 is 0. The van der Waals surface area contributed by atoms with Gasteiger partial charge in [-0.15, -0.1) is 0 Å². The molecule has 0 spiro atoms. The van der Waals surface area contributed by atoms with Crippen LogP contribution in [0.3, 0.4) is 0 Å². The van der Waals surface area contributed by atoms with E-state index >= 15 is 0 Å². The molecule has 2 aliphatic rings. The van der Waals surface area contributed by atoms with Gasteiger partial charge in [0.05, 0.1) is 25.4 Å². The number of epoxide rings is 2. The Morgan fingerprint density at radius 3 is 1.37 bits per heavy atom. The Morgan fingerprint density at radius 2 is 1.16 bits per heavy atom. The standard InChI is InChI=1S/C16H30O3/c1-15(2,3)7-11(13-9-17-13)19-12(14-10-18-14)8-16(4,5)6/h11-14H,7-10H2,1-6H3. The van der Waals surface area contributed by atoms with Gasteiger partial charge in [0.2, 0.25) is 0 Å². The van der Waals surface area contributed by atoms with E-state index in [9.17, 15) is 0 Å². The first-order valence-electron chi connectivity index (χ1n) is 7.53. The lowest BCUT2D eigenvalue weighted by Crippen LogP contribution is -2.35. The summed E-state index contributed by atoms with van der Waals surface area (Å²) in [6.45, 7) is 15.3. The van der Waals surface area contributed by atoms with E-state index in [4.69, 9.17) is 14.2 Å². The summed E-state index contributed by atoms with van der Waals surface area (Å²) < 4.78 is 17.4. The van der Waals surface area contributed by atoms with E-state index in [0.717, 1.165) is 26.1 Å². The molecule has 2 fully saturated rings. The molecular formula is C16H30O3. The van der Waals surface area contributed by atoms with Gasteiger partial charge in [0.15, 0.2) is 0 Å². The molecule has 0 aromatic heterocycles. The van der Waals surface area contributed by atoms with E-state index < -0.39 is 0 Å². The maximum atomic E-state index is 6.40. The molecule has 4 unspecified atom stereocenters. The molecule has 0 N–H and O–H groups in total. The molecule has 0 radical (unpaired) electrons. The summed E-state index contributed by atoms with van der Waals surface area (Å²) in [6.07, 6.45) is 3.14. The van der Waals surface area contributed by atoms with E-state index in [1.54, 1.807) is 0 Å². The predicted octanol–water partition coefficient (Wildman–Crippen LogP) is 3.41. The van der Waals surface area contributed by atoms with Gasteiger partial charge < -0.3 is 14.2 Å². The Hall–Kier alpha value is -0.120. The van der Waals surface area contributed by atoms with Crippen molar-refractivity contribution < 1.29 is 14.2 Å². The lowest BCUT2D eigenvalue weighted by Gasteiger charge is -2.31. The average molecular weight is 270 g/mol. The Labute approximate surface area is 118 Å². The lowest BCUT2D eigenvalue weighted by atomic mass is 9.86. The molecule has 0 aromatic carbocycles. The van der Waals surface area contributed by atoms with Crippen molar-refractivity contribution in [2.75, 3.05) is 13.2 Å². The summed E-state index contributed by atoms with van der Waals surface area (Å²) in [7, 11) is 0. The Kier molecular flexibility index (Phi) is 4.29. The highest BCUT2D eigenvalue weighted by Gasteiger charge is 2.42. The second kappa shape index (κ2) is 5.34. The summed E-state index contributed by atoms with van der Waals surface area (Å²) in [5.41, 5.74) is 0.542. The average Bonchev–Trinajstić information content (AvgIpc) is 3.05. The monoisotopic (exact) mass is 270 g/mol. The minimum Gasteiger partial charge on any atom is -0.370 e. The van der Waals surface area contributed by atoms with Gasteiger partial charge in [0.1, 0.15) is 12.2 Å². The first-order valence-corrected chi connectivity index (χ1v) is 7.53. The fourth-order valence-corrected chi connectivity index (χ4v) is 2.51. The van der Waals surface area contributed by atoms with Crippen LogP contribution < -0.4 is 0 Å². The van der Waals surface area contributed by atoms with Crippen LogP contribution in [0.25, 0.3) is 0 Å². The van der Waals surface area contributed by atoms with Gasteiger partial charge in [-0.3, -0.25) is 0 Å². The van der Waals surface area contributed by atoms with E-state index in [0.29, 0.717) is 12.2 Å². The highest BCUT2D eigenvalue weighted by Crippen LogP contribution is 2.35. The van der Waals surface area contributed by atoms with Crippen LogP contribution in [0.5, 0.6) is 0 Å². The summed E-state index contributed by atoms with van der Waals surface area (Å²) in [6, 6.07) is 0. The van der Waals surface area contributed by atoms with Crippen molar-refractivity contribution in [2.24, 2.45) is 10.8 Å². The number of rotatable bonds is 6. The zero-order valence-corrected chi connectivity index (χ0v) is 13.4. The Bertz CT molecular complexity index is 262. The van der Waals surface area contributed by atoms with Crippen molar-refractivity contribution in [3.8, 4) is 0 Å². The maximum absolute atomic E-state index is 6.40. The number of hydrogen-bond donors (Lipinski definition) is 0. The molecule has 4 atom stereocenters. The van der Waals surface area contributed by atoms with Gasteiger partial charge in [-0.2, -0.15) is 0 Å². The Morgan fingerprint density at radius 1 is 0.842 bits per heavy atom. The molecule has 3 nitrogen and oxygen atoms in total. The van der Waals surface area contributed by atoms with Crippen LogP contribution in [0, 0.1) is 10.8 Å². The smallest absolute Gasteiger partial charge is 0.107 e. The summed E-state index contributed by atoms with van der Waals surface area (Å²) in [5.74, 6) is 0. The molecule has 3 heteroatoms. The quantitative estimate of drug-likeness (QED) is 0.694. The fraction of sp³-hybridized carbons (Fsp3) is 1.00. The summed E-state index contributed by atoms with van der Waals surface area (Å²) in [5, 5.41) is 0. The highest BCUT2D eigenvalue weighted by atomic mass is 16.6. The largest absolute Gasteiger partial charge is 0.370 e. The van der Waals surface area contributed by atoms with Crippen molar-refractivity contribution in [3.05, 3.63) is 0 Å². The van der Waals surface area contributed by atoms with Gasteiger partial charge in [0, 0.05) is 0 Å². The molecule has 0 aliphatic carbocycles. The lowest BCUT2D eigenvalue weighted by molar-refractivity contribution is -0.0682. The Balaban J connectivity index is 1.93. The second-order valence-corrected chi connectivity index (χ2v) is 8.49. The van der Waals surface area contributed by atoms with Crippen LogP contribution in [0.1, 0.15) is 54.4 Å². The molecule has 2 aliphatic heterocycles. The van der Waals surface area contributed by atoms with Crippen molar-refractivity contribution in [3.63, 3.8) is 0 Å². The molecule has 0 aromatic rings. The van der Waals surface area contributed by atoms with Gasteiger partial charge in [-0.05, 0) is 23.7 Å². The van der Waals surface area contributed by atoms with Gasteiger partial charge in [0.25, 0.3) is 0 Å². The molecule has 0 bridgehead atoms. The number of ether oxygens (including phenoxy) is 3. The van der Waals surface area contributed by atoms with Gasteiger partial charge in [-0.25, -0.2) is 0 Å². The third-order valence-electron chi connectivity index (χ3n) is 3.52. The van der Waals surface area contributed by atoms with Crippen molar-refractivity contribution >= 4 is 0 Å². The predicted molar refractivity (Wildman–Crippen MR) is 76.3 cm³/mol. The second-order valence-electron chi connectivity index (χ2n) is 8.49. The van der Waals surface area contributed by atoms with Crippen LogP contribution in [-0.2, 0) is 14.2 Å². The number of hydrogen-bond acceptors (Lipinski definition) is 3. The third kappa shape index (κ3) is 5.80. The minimum atomic E-state index is 0.219. The highest BCUT2D eigenvalue weighted by molar-refractivity contribution is 4.89. The first-order chi connectivity index (χ1) is 8.64. The van der Waals surface area contributed by atoms with E-state index in [2.05, 4.69) is 41.5 Å². The normalized spacial score (nSPS) is 30.0. The van der Waals surface area contributed by atoms with Crippen LogP contribution in [-0.4, -0.2) is 37.6 Å². The fourth-order valence-electron chi connectivity index (χ4n) is 2.51. The minimum absolute atomic E-state index is 0.219. The molecule has 2 heterocycles. The van der Waals surface area contributed by atoms with Crippen molar-refractivity contribution in [2.45, 2.75) is 78.8 Å². The molecular weight excluding hydrogens is 240 g/mol. The molecule has 2 rings (SSSR count). The summed E-state index contributed by atoms with van der Waals surface area (Å²) in [4.78, 5) is 0. The van der Waals surface area contributed by atoms with E-state index in [1.165, 1.54) is 0 Å². The SMILES string of the molecule is CC(C)(C)CC(OC(CC(C)(C)C)C1CO1)C1CO1. The van der Waals surface area contributed by atoms with E-state index in [-0.39, 0.29) is 23.0 Å². The van der Waals surface area contributed by atoms with Crippen molar-refractivity contribution in [1.29, 1.82) is 0 Å². The molecule has 112 valence electrons.